The highest BCUT2D eigenvalue weighted by molar-refractivity contribution is 6.34. The van der Waals surface area contributed by atoms with Gasteiger partial charge in [0.15, 0.2) is 11.6 Å². The first-order valence-corrected chi connectivity index (χ1v) is 5.60. The van der Waals surface area contributed by atoms with E-state index in [4.69, 9.17) is 11.6 Å². The molecule has 0 heterocycles. The summed E-state index contributed by atoms with van der Waals surface area (Å²) in [7, 11) is 0. The summed E-state index contributed by atoms with van der Waals surface area (Å²) < 4.78 is 26.4. The highest BCUT2D eigenvalue weighted by Gasteiger charge is 2.15. The summed E-state index contributed by atoms with van der Waals surface area (Å²) in [6.07, 6.45) is 0. The summed E-state index contributed by atoms with van der Waals surface area (Å²) in [5.74, 6) is -3.13. The van der Waals surface area contributed by atoms with Crippen molar-refractivity contribution >= 4 is 23.2 Å². The van der Waals surface area contributed by atoms with Gasteiger partial charge >= 0.3 is 0 Å². The van der Waals surface area contributed by atoms with Gasteiger partial charge in [0.2, 0.25) is 0 Å². The molecule has 2 aromatic rings. The maximum atomic E-state index is 13.4. The van der Waals surface area contributed by atoms with Crippen LogP contribution < -0.4 is 5.32 Å². The van der Waals surface area contributed by atoms with Crippen molar-refractivity contribution in [2.45, 2.75) is 0 Å². The predicted octanol–water partition coefficient (Wildman–Crippen LogP) is 3.58. The summed E-state index contributed by atoms with van der Waals surface area (Å²) in [6.45, 7) is 0. The average Bonchev–Trinajstić information content (AvgIpc) is 2.38. The molecule has 2 aromatic carbocycles. The lowest BCUT2D eigenvalue weighted by Gasteiger charge is -2.08. The van der Waals surface area contributed by atoms with Gasteiger partial charge in [0.25, 0.3) is 5.91 Å². The maximum absolute atomic E-state index is 13.4. The Hall–Kier alpha value is -2.14. The first kappa shape index (κ1) is 13.3. The van der Waals surface area contributed by atoms with Crippen molar-refractivity contribution < 1.29 is 18.7 Å². The molecule has 0 atom stereocenters. The molecular formula is C13H8ClF2NO2. The number of rotatable bonds is 2. The Morgan fingerprint density at radius 3 is 2.68 bits per heavy atom. The zero-order chi connectivity index (χ0) is 14.0. The van der Waals surface area contributed by atoms with E-state index in [0.717, 1.165) is 12.1 Å². The van der Waals surface area contributed by atoms with Crippen LogP contribution in [0.4, 0.5) is 14.5 Å². The molecule has 3 nitrogen and oxygen atoms in total. The molecule has 2 rings (SSSR count). The number of halogens is 3. The number of carbonyl (C=O) groups is 1. The molecule has 19 heavy (non-hydrogen) atoms. The highest BCUT2D eigenvalue weighted by Crippen LogP contribution is 2.23. The average molecular weight is 284 g/mol. The Morgan fingerprint density at radius 2 is 1.95 bits per heavy atom. The van der Waals surface area contributed by atoms with E-state index < -0.39 is 17.5 Å². The van der Waals surface area contributed by atoms with Gasteiger partial charge in [0.05, 0.1) is 16.3 Å². The Balaban J connectivity index is 2.31. The van der Waals surface area contributed by atoms with Gasteiger partial charge in [0.1, 0.15) is 5.75 Å². The Morgan fingerprint density at radius 1 is 1.21 bits per heavy atom. The van der Waals surface area contributed by atoms with Crippen LogP contribution in [0.5, 0.6) is 5.75 Å². The topological polar surface area (TPSA) is 49.3 Å². The summed E-state index contributed by atoms with van der Waals surface area (Å²) in [6, 6.07) is 7.18. The number of hydrogen-bond acceptors (Lipinski definition) is 2. The lowest BCUT2D eigenvalue weighted by atomic mass is 10.2. The Labute approximate surface area is 112 Å². The molecule has 0 aliphatic rings. The number of aromatic hydroxyl groups is 1. The van der Waals surface area contributed by atoms with Gasteiger partial charge in [-0.2, -0.15) is 0 Å². The molecule has 98 valence electrons. The van der Waals surface area contributed by atoms with Crippen LogP contribution in [0, 0.1) is 11.6 Å². The van der Waals surface area contributed by atoms with Gasteiger partial charge in [-0.1, -0.05) is 17.7 Å². The van der Waals surface area contributed by atoms with E-state index in [1.807, 2.05) is 0 Å². The van der Waals surface area contributed by atoms with Crippen molar-refractivity contribution in [1.29, 1.82) is 0 Å². The largest absolute Gasteiger partial charge is 0.508 e. The zero-order valence-electron chi connectivity index (χ0n) is 9.45. The lowest BCUT2D eigenvalue weighted by molar-refractivity contribution is 0.102. The van der Waals surface area contributed by atoms with E-state index in [1.54, 1.807) is 0 Å². The summed E-state index contributed by atoms with van der Waals surface area (Å²) in [5, 5.41) is 11.6. The Bertz CT molecular complexity index is 647. The van der Waals surface area contributed by atoms with Crippen LogP contribution in [0.1, 0.15) is 10.4 Å². The Kier molecular flexibility index (Phi) is 3.66. The fourth-order valence-electron chi connectivity index (χ4n) is 1.48. The molecule has 2 N–H and O–H groups in total. The van der Waals surface area contributed by atoms with Crippen LogP contribution in [0.25, 0.3) is 0 Å². The first-order chi connectivity index (χ1) is 8.99. The quantitative estimate of drug-likeness (QED) is 0.885. The lowest BCUT2D eigenvalue weighted by Crippen LogP contribution is -2.14. The van der Waals surface area contributed by atoms with Gasteiger partial charge in [0, 0.05) is 0 Å². The molecular weight excluding hydrogens is 276 g/mol. The zero-order valence-corrected chi connectivity index (χ0v) is 10.2. The van der Waals surface area contributed by atoms with Crippen molar-refractivity contribution in [3.8, 4) is 5.75 Å². The second-order valence-electron chi connectivity index (χ2n) is 3.72. The first-order valence-electron chi connectivity index (χ1n) is 5.23. The molecule has 0 spiro atoms. The third kappa shape index (κ3) is 2.82. The van der Waals surface area contributed by atoms with Crippen molar-refractivity contribution in [2.75, 3.05) is 5.32 Å². The van der Waals surface area contributed by atoms with Crippen molar-refractivity contribution in [1.82, 2.24) is 0 Å². The van der Waals surface area contributed by atoms with Crippen molar-refractivity contribution in [3.05, 3.63) is 58.6 Å². The van der Waals surface area contributed by atoms with E-state index in [9.17, 15) is 18.7 Å². The summed E-state index contributed by atoms with van der Waals surface area (Å²) in [5.41, 5.74) is -0.338. The van der Waals surface area contributed by atoms with Crippen LogP contribution in [-0.2, 0) is 0 Å². The minimum atomic E-state index is -1.16. The number of nitrogens with one attached hydrogen (secondary N) is 1. The summed E-state index contributed by atoms with van der Waals surface area (Å²) in [4.78, 5) is 11.9. The van der Waals surface area contributed by atoms with Crippen molar-refractivity contribution in [2.24, 2.45) is 0 Å². The minimum absolute atomic E-state index is 0.0367. The van der Waals surface area contributed by atoms with Crippen molar-refractivity contribution in [3.63, 3.8) is 0 Å². The van der Waals surface area contributed by atoms with E-state index in [0.29, 0.717) is 0 Å². The van der Waals surface area contributed by atoms with Crippen LogP contribution in [0.2, 0.25) is 5.02 Å². The minimum Gasteiger partial charge on any atom is -0.508 e. The van der Waals surface area contributed by atoms with Gasteiger partial charge in [-0.25, -0.2) is 8.78 Å². The third-order valence-corrected chi connectivity index (χ3v) is 2.72. The van der Waals surface area contributed by atoms with Crippen LogP contribution in [0.15, 0.2) is 36.4 Å². The SMILES string of the molecule is O=C(Nc1cccc(F)c1F)c1cc(O)ccc1Cl. The van der Waals surface area contributed by atoms with Gasteiger partial charge in [-0.3, -0.25) is 4.79 Å². The van der Waals surface area contributed by atoms with Gasteiger partial charge in [-0.15, -0.1) is 0 Å². The van der Waals surface area contributed by atoms with Crippen LogP contribution in [0.3, 0.4) is 0 Å². The molecule has 0 unspecified atom stereocenters. The molecule has 0 fully saturated rings. The fourth-order valence-corrected chi connectivity index (χ4v) is 1.68. The monoisotopic (exact) mass is 283 g/mol. The van der Waals surface area contributed by atoms with E-state index in [-0.39, 0.29) is 22.0 Å². The van der Waals surface area contributed by atoms with E-state index in [2.05, 4.69) is 5.32 Å². The molecule has 0 radical (unpaired) electrons. The maximum Gasteiger partial charge on any atom is 0.257 e. The second kappa shape index (κ2) is 5.24. The molecule has 0 aliphatic carbocycles. The summed E-state index contributed by atoms with van der Waals surface area (Å²) >= 11 is 5.79. The van der Waals surface area contributed by atoms with E-state index >= 15 is 0 Å². The van der Waals surface area contributed by atoms with E-state index in [1.165, 1.54) is 24.3 Å². The molecule has 0 bridgehead atoms. The van der Waals surface area contributed by atoms with Crippen LogP contribution in [-0.4, -0.2) is 11.0 Å². The number of phenols is 1. The molecule has 6 heteroatoms. The van der Waals surface area contributed by atoms with Crippen LogP contribution >= 0.6 is 11.6 Å². The smallest absolute Gasteiger partial charge is 0.257 e. The number of phenolic OH excluding ortho intramolecular Hbond substituents is 1. The molecule has 0 aliphatic heterocycles. The number of benzene rings is 2. The number of carbonyl (C=O) groups excluding carboxylic acids is 1. The molecule has 0 saturated carbocycles. The van der Waals surface area contributed by atoms with Gasteiger partial charge in [-0.05, 0) is 30.3 Å². The number of anilines is 1. The molecule has 1 amide bonds. The van der Waals surface area contributed by atoms with Gasteiger partial charge < -0.3 is 10.4 Å². The highest BCUT2D eigenvalue weighted by atomic mass is 35.5. The fraction of sp³-hybridized carbons (Fsp3) is 0. The second-order valence-corrected chi connectivity index (χ2v) is 4.13. The standard InChI is InChI=1S/C13H8ClF2NO2/c14-9-5-4-7(18)6-8(9)13(19)17-11-3-1-2-10(15)12(11)16/h1-6,18H,(H,17,19). The normalized spacial score (nSPS) is 10.3. The predicted molar refractivity (Wildman–Crippen MR) is 67.4 cm³/mol. The third-order valence-electron chi connectivity index (χ3n) is 2.39. The number of hydrogen-bond donors (Lipinski definition) is 2. The molecule has 0 aromatic heterocycles. The molecule has 0 saturated heterocycles. The number of amides is 1.